The minimum absolute atomic E-state index is 0.0961. The Morgan fingerprint density at radius 3 is 2.94 bits per heavy atom. The second-order valence-electron chi connectivity index (χ2n) is 3.85. The number of nitrogens with zero attached hydrogens (tertiary/aromatic N) is 1. The normalized spacial score (nSPS) is 10.7. The molecule has 5 heteroatoms. The summed E-state index contributed by atoms with van der Waals surface area (Å²) in [7, 11) is 0. The van der Waals surface area contributed by atoms with Crippen molar-refractivity contribution in [1.82, 2.24) is 9.97 Å². The average molecular weight is 243 g/mol. The molecule has 2 aromatic heterocycles. The van der Waals surface area contributed by atoms with E-state index < -0.39 is 5.82 Å². The zero-order chi connectivity index (χ0) is 12.5. The van der Waals surface area contributed by atoms with Crippen LogP contribution in [0.1, 0.15) is 0 Å². The highest BCUT2D eigenvalue weighted by Gasteiger charge is 2.09. The van der Waals surface area contributed by atoms with Crippen LogP contribution in [0.5, 0.6) is 11.6 Å². The number of nitrogens with one attached hydrogen (secondary N) is 1. The molecule has 1 aromatic carbocycles. The van der Waals surface area contributed by atoms with Crippen LogP contribution < -0.4 is 10.5 Å². The molecular formula is C13H10FN3O. The van der Waals surface area contributed by atoms with Crippen LogP contribution in [0.2, 0.25) is 0 Å². The number of nitrogens with two attached hydrogens (primary N) is 1. The summed E-state index contributed by atoms with van der Waals surface area (Å²) in [5.41, 5.74) is 6.56. The fourth-order valence-electron chi connectivity index (χ4n) is 1.74. The van der Waals surface area contributed by atoms with Gasteiger partial charge in [-0.05, 0) is 24.3 Å². The Hall–Kier alpha value is -2.56. The fraction of sp³-hybridized carbons (Fsp3) is 0. The Kier molecular flexibility index (Phi) is 2.37. The first kappa shape index (κ1) is 10.6. The van der Waals surface area contributed by atoms with Gasteiger partial charge in [0.1, 0.15) is 5.52 Å². The number of fused-ring (bicyclic) bond motifs is 1. The van der Waals surface area contributed by atoms with E-state index in [1.807, 2.05) is 12.1 Å². The summed E-state index contributed by atoms with van der Waals surface area (Å²) in [6, 6.07) is 8.01. The summed E-state index contributed by atoms with van der Waals surface area (Å²) in [6.07, 6.45) is 3.39. The molecule has 90 valence electrons. The van der Waals surface area contributed by atoms with Gasteiger partial charge in [0.25, 0.3) is 0 Å². The van der Waals surface area contributed by atoms with Crippen LogP contribution in [-0.4, -0.2) is 9.97 Å². The van der Waals surface area contributed by atoms with E-state index in [1.165, 1.54) is 12.1 Å². The van der Waals surface area contributed by atoms with E-state index in [2.05, 4.69) is 9.97 Å². The van der Waals surface area contributed by atoms with Crippen LogP contribution in [0.4, 0.5) is 10.1 Å². The smallest absolute Gasteiger partial charge is 0.243 e. The highest BCUT2D eigenvalue weighted by Crippen LogP contribution is 2.28. The molecule has 0 spiro atoms. The van der Waals surface area contributed by atoms with E-state index in [9.17, 15) is 4.39 Å². The van der Waals surface area contributed by atoms with Crippen molar-refractivity contribution in [2.75, 3.05) is 5.73 Å². The number of benzene rings is 1. The van der Waals surface area contributed by atoms with Gasteiger partial charge in [-0.25, -0.2) is 9.37 Å². The van der Waals surface area contributed by atoms with Crippen molar-refractivity contribution in [3.63, 3.8) is 0 Å². The van der Waals surface area contributed by atoms with Gasteiger partial charge in [0.05, 0.1) is 0 Å². The van der Waals surface area contributed by atoms with Gasteiger partial charge in [0.2, 0.25) is 5.88 Å². The van der Waals surface area contributed by atoms with Crippen LogP contribution >= 0.6 is 0 Å². The second-order valence-corrected chi connectivity index (χ2v) is 3.85. The second kappa shape index (κ2) is 4.03. The van der Waals surface area contributed by atoms with Crippen molar-refractivity contribution in [2.24, 2.45) is 0 Å². The third-order valence-electron chi connectivity index (χ3n) is 2.60. The van der Waals surface area contributed by atoms with Crippen LogP contribution in [0.25, 0.3) is 10.9 Å². The Morgan fingerprint density at radius 2 is 2.11 bits per heavy atom. The first-order valence-corrected chi connectivity index (χ1v) is 5.39. The third kappa shape index (κ3) is 1.75. The monoisotopic (exact) mass is 243 g/mol. The van der Waals surface area contributed by atoms with E-state index in [1.54, 1.807) is 18.5 Å². The summed E-state index contributed by atoms with van der Waals surface area (Å²) in [5, 5.41) is 0.954. The van der Waals surface area contributed by atoms with E-state index in [0.717, 1.165) is 10.9 Å². The highest BCUT2D eigenvalue weighted by molar-refractivity contribution is 5.83. The van der Waals surface area contributed by atoms with Gasteiger partial charge in [-0.3, -0.25) is 0 Å². The summed E-state index contributed by atoms with van der Waals surface area (Å²) in [6.45, 7) is 0. The lowest BCUT2D eigenvalue weighted by Crippen LogP contribution is -1.93. The molecule has 3 rings (SSSR count). The minimum atomic E-state index is -0.514. The number of pyridine rings is 1. The number of nitrogen functional groups attached to an aromatic ring is 1. The maximum Gasteiger partial charge on any atom is 0.243 e. The number of hydrogen-bond acceptors (Lipinski definition) is 3. The molecule has 0 amide bonds. The van der Waals surface area contributed by atoms with Gasteiger partial charge in [0.15, 0.2) is 11.6 Å². The molecule has 3 aromatic rings. The minimum Gasteiger partial charge on any atom is -0.434 e. The lowest BCUT2D eigenvalue weighted by Gasteiger charge is -2.07. The molecule has 0 bridgehead atoms. The maximum absolute atomic E-state index is 13.6. The Balaban J connectivity index is 2.03. The quantitative estimate of drug-likeness (QED) is 0.680. The predicted molar refractivity (Wildman–Crippen MR) is 67.0 cm³/mol. The largest absolute Gasteiger partial charge is 0.434 e. The van der Waals surface area contributed by atoms with Crippen molar-refractivity contribution in [3.8, 4) is 11.6 Å². The molecule has 0 radical (unpaired) electrons. The SMILES string of the molecule is Nc1ccc(Oc2nccc3cc[nH]c23)c(F)c1. The summed E-state index contributed by atoms with van der Waals surface area (Å²) < 4.78 is 19.1. The summed E-state index contributed by atoms with van der Waals surface area (Å²) in [5.74, 6) is -0.0830. The molecule has 0 atom stereocenters. The first-order chi connectivity index (χ1) is 8.74. The van der Waals surface area contributed by atoms with E-state index >= 15 is 0 Å². The van der Waals surface area contributed by atoms with E-state index in [4.69, 9.17) is 10.5 Å². The molecule has 0 aliphatic carbocycles. The Labute approximate surface area is 102 Å². The van der Waals surface area contributed by atoms with Crippen LogP contribution in [-0.2, 0) is 0 Å². The third-order valence-corrected chi connectivity index (χ3v) is 2.60. The lowest BCUT2D eigenvalue weighted by atomic mass is 10.3. The van der Waals surface area contributed by atoms with Gasteiger partial charge in [0, 0.05) is 29.5 Å². The number of aromatic nitrogens is 2. The van der Waals surface area contributed by atoms with Crippen molar-refractivity contribution in [2.45, 2.75) is 0 Å². The first-order valence-electron chi connectivity index (χ1n) is 5.39. The van der Waals surface area contributed by atoms with Gasteiger partial charge >= 0.3 is 0 Å². The zero-order valence-electron chi connectivity index (χ0n) is 9.35. The summed E-state index contributed by atoms with van der Waals surface area (Å²) in [4.78, 5) is 7.09. The molecular weight excluding hydrogens is 233 g/mol. The number of halogens is 1. The average Bonchev–Trinajstić information content (AvgIpc) is 2.82. The molecule has 0 aliphatic heterocycles. The number of anilines is 1. The molecule has 0 aliphatic rings. The molecule has 0 fully saturated rings. The molecule has 0 saturated heterocycles. The van der Waals surface area contributed by atoms with Crippen molar-refractivity contribution < 1.29 is 9.13 Å². The zero-order valence-corrected chi connectivity index (χ0v) is 9.35. The van der Waals surface area contributed by atoms with Crippen molar-refractivity contribution >= 4 is 16.6 Å². The van der Waals surface area contributed by atoms with E-state index in [-0.39, 0.29) is 5.75 Å². The van der Waals surface area contributed by atoms with Gasteiger partial charge in [-0.2, -0.15) is 0 Å². The number of ether oxygens (including phenoxy) is 1. The number of hydrogen-bond donors (Lipinski definition) is 2. The van der Waals surface area contributed by atoms with Gasteiger partial charge in [-0.1, -0.05) is 0 Å². The summed E-state index contributed by atoms with van der Waals surface area (Å²) >= 11 is 0. The Bertz CT molecular complexity index is 708. The molecule has 0 saturated carbocycles. The van der Waals surface area contributed by atoms with Crippen LogP contribution in [0.15, 0.2) is 42.7 Å². The predicted octanol–water partition coefficient (Wildman–Crippen LogP) is 3.08. The molecule has 3 N–H and O–H groups in total. The topological polar surface area (TPSA) is 63.9 Å². The molecule has 0 unspecified atom stereocenters. The van der Waals surface area contributed by atoms with Crippen molar-refractivity contribution in [3.05, 3.63) is 48.5 Å². The van der Waals surface area contributed by atoms with Crippen molar-refractivity contribution in [1.29, 1.82) is 0 Å². The van der Waals surface area contributed by atoms with Crippen LogP contribution in [0.3, 0.4) is 0 Å². The van der Waals surface area contributed by atoms with Crippen LogP contribution in [0, 0.1) is 5.82 Å². The molecule has 18 heavy (non-hydrogen) atoms. The maximum atomic E-state index is 13.6. The van der Waals surface area contributed by atoms with Gasteiger partial charge in [-0.15, -0.1) is 0 Å². The Morgan fingerprint density at radius 1 is 1.22 bits per heavy atom. The lowest BCUT2D eigenvalue weighted by molar-refractivity contribution is 0.432. The molecule has 2 heterocycles. The van der Waals surface area contributed by atoms with E-state index in [0.29, 0.717) is 11.6 Å². The standard InChI is InChI=1S/C13H10FN3O/c14-10-7-9(15)1-2-11(10)18-13-12-8(3-5-16-12)4-6-17-13/h1-7,16H,15H2. The van der Waals surface area contributed by atoms with Gasteiger partial charge < -0.3 is 15.5 Å². The fourth-order valence-corrected chi connectivity index (χ4v) is 1.74. The highest BCUT2D eigenvalue weighted by atomic mass is 19.1. The molecule has 4 nitrogen and oxygen atoms in total. The number of aromatic amines is 1. The number of H-pyrrole nitrogens is 1. The number of rotatable bonds is 2.